The van der Waals surface area contributed by atoms with Crippen LogP contribution in [0.5, 0.6) is 0 Å². The summed E-state index contributed by atoms with van der Waals surface area (Å²) in [6.07, 6.45) is -0.624. The molecule has 0 aliphatic carbocycles. The van der Waals surface area contributed by atoms with Crippen LogP contribution < -0.4 is 11.1 Å². The molecule has 0 heterocycles. The molecule has 3 N–H and O–H groups in total. The SMILES string of the molecule is CCS(=O)(=O)c1ccc(N)cc1CNC(=O)OCc1ccccc1. The molecule has 2 aromatic rings. The Bertz CT molecular complexity index is 805. The number of amides is 1. The van der Waals surface area contributed by atoms with E-state index in [1.165, 1.54) is 12.1 Å². The Kier molecular flexibility index (Phi) is 5.81. The zero-order valence-corrected chi connectivity index (χ0v) is 14.2. The summed E-state index contributed by atoms with van der Waals surface area (Å²) in [5, 5.41) is 2.55. The first kappa shape index (κ1) is 17.8. The van der Waals surface area contributed by atoms with Gasteiger partial charge in [-0.25, -0.2) is 13.2 Å². The van der Waals surface area contributed by atoms with Crippen molar-refractivity contribution >= 4 is 21.6 Å². The van der Waals surface area contributed by atoms with Gasteiger partial charge in [-0.1, -0.05) is 37.3 Å². The highest BCUT2D eigenvalue weighted by Gasteiger charge is 2.17. The lowest BCUT2D eigenvalue weighted by atomic mass is 10.2. The fourth-order valence-corrected chi connectivity index (χ4v) is 3.25. The summed E-state index contributed by atoms with van der Waals surface area (Å²) in [5.74, 6) is -0.0254. The van der Waals surface area contributed by atoms with Crippen LogP contribution in [0, 0.1) is 0 Å². The van der Waals surface area contributed by atoms with Crippen molar-refractivity contribution in [3.8, 4) is 0 Å². The fourth-order valence-electron chi connectivity index (χ4n) is 2.14. The second kappa shape index (κ2) is 7.83. The Morgan fingerprint density at radius 2 is 1.88 bits per heavy atom. The van der Waals surface area contributed by atoms with Gasteiger partial charge in [0.15, 0.2) is 9.84 Å². The normalized spacial score (nSPS) is 11.0. The predicted molar refractivity (Wildman–Crippen MR) is 92.0 cm³/mol. The first-order valence-electron chi connectivity index (χ1n) is 7.48. The highest BCUT2D eigenvalue weighted by molar-refractivity contribution is 7.91. The Morgan fingerprint density at radius 3 is 2.54 bits per heavy atom. The Labute approximate surface area is 141 Å². The summed E-state index contributed by atoms with van der Waals surface area (Å²) in [6, 6.07) is 13.8. The molecule has 1 amide bonds. The Hall–Kier alpha value is -2.54. The lowest BCUT2D eigenvalue weighted by Gasteiger charge is -2.12. The van der Waals surface area contributed by atoms with Crippen LogP contribution in [0.1, 0.15) is 18.1 Å². The number of anilines is 1. The number of hydrogen-bond acceptors (Lipinski definition) is 5. The summed E-state index contributed by atoms with van der Waals surface area (Å²) in [5.41, 5.74) is 7.45. The lowest BCUT2D eigenvalue weighted by Crippen LogP contribution is -2.25. The van der Waals surface area contributed by atoms with E-state index in [1.54, 1.807) is 13.0 Å². The second-order valence-corrected chi connectivity index (χ2v) is 7.43. The summed E-state index contributed by atoms with van der Waals surface area (Å²) >= 11 is 0. The molecule has 2 rings (SSSR count). The van der Waals surface area contributed by atoms with Gasteiger partial charge in [0.05, 0.1) is 10.6 Å². The van der Waals surface area contributed by atoms with Gasteiger partial charge in [0.25, 0.3) is 0 Å². The third kappa shape index (κ3) is 4.73. The number of nitrogen functional groups attached to an aromatic ring is 1. The van der Waals surface area contributed by atoms with Crippen LogP contribution in [-0.2, 0) is 27.7 Å². The van der Waals surface area contributed by atoms with Crippen LogP contribution in [0.15, 0.2) is 53.4 Å². The maximum atomic E-state index is 12.1. The van der Waals surface area contributed by atoms with Crippen LogP contribution in [0.4, 0.5) is 10.5 Å². The van der Waals surface area contributed by atoms with Crippen molar-refractivity contribution in [2.45, 2.75) is 25.0 Å². The molecule has 0 saturated carbocycles. The number of nitrogens with two attached hydrogens (primary N) is 1. The van der Waals surface area contributed by atoms with Crippen molar-refractivity contribution in [2.24, 2.45) is 0 Å². The van der Waals surface area contributed by atoms with Crippen molar-refractivity contribution < 1.29 is 17.9 Å². The molecular formula is C17H20N2O4S. The van der Waals surface area contributed by atoms with E-state index in [4.69, 9.17) is 10.5 Å². The molecule has 0 aliphatic heterocycles. The van der Waals surface area contributed by atoms with Gasteiger partial charge in [0.1, 0.15) is 6.61 Å². The van der Waals surface area contributed by atoms with Crippen molar-refractivity contribution in [3.05, 3.63) is 59.7 Å². The molecule has 0 saturated heterocycles. The van der Waals surface area contributed by atoms with Crippen LogP contribution in [0.25, 0.3) is 0 Å². The van der Waals surface area contributed by atoms with Crippen molar-refractivity contribution in [2.75, 3.05) is 11.5 Å². The Morgan fingerprint density at radius 1 is 1.17 bits per heavy atom. The molecule has 0 spiro atoms. The van der Waals surface area contributed by atoms with Gasteiger partial charge in [0, 0.05) is 12.2 Å². The van der Waals surface area contributed by atoms with Crippen LogP contribution in [0.2, 0.25) is 0 Å². The summed E-state index contributed by atoms with van der Waals surface area (Å²) in [6.45, 7) is 1.73. The number of nitrogens with one attached hydrogen (secondary N) is 1. The first-order valence-corrected chi connectivity index (χ1v) is 9.13. The average molecular weight is 348 g/mol. The van der Waals surface area contributed by atoms with E-state index in [0.29, 0.717) is 11.3 Å². The molecule has 7 heteroatoms. The van der Waals surface area contributed by atoms with Gasteiger partial charge in [-0.2, -0.15) is 0 Å². The van der Waals surface area contributed by atoms with Gasteiger partial charge >= 0.3 is 6.09 Å². The van der Waals surface area contributed by atoms with E-state index >= 15 is 0 Å². The topological polar surface area (TPSA) is 98.5 Å². The van der Waals surface area contributed by atoms with Crippen molar-refractivity contribution in [1.29, 1.82) is 0 Å². The molecular weight excluding hydrogens is 328 g/mol. The predicted octanol–water partition coefficient (Wildman–Crippen LogP) is 2.49. The van der Waals surface area contributed by atoms with Crippen LogP contribution >= 0.6 is 0 Å². The maximum absolute atomic E-state index is 12.1. The van der Waals surface area contributed by atoms with Crippen molar-refractivity contribution in [3.63, 3.8) is 0 Å². The second-order valence-electron chi connectivity index (χ2n) is 5.19. The molecule has 0 bridgehead atoms. The number of rotatable bonds is 6. The standard InChI is InChI=1S/C17H20N2O4S/c1-2-24(21,22)16-9-8-15(18)10-14(16)11-19-17(20)23-12-13-6-4-3-5-7-13/h3-10H,2,11-12,18H2,1H3,(H,19,20). The van der Waals surface area contributed by atoms with Crippen LogP contribution in [0.3, 0.4) is 0 Å². The molecule has 0 aromatic heterocycles. The first-order chi connectivity index (χ1) is 11.4. The minimum atomic E-state index is -3.40. The summed E-state index contributed by atoms with van der Waals surface area (Å²) < 4.78 is 29.3. The number of sulfone groups is 1. The van der Waals surface area contributed by atoms with Crippen LogP contribution in [-0.4, -0.2) is 20.3 Å². The molecule has 6 nitrogen and oxygen atoms in total. The van der Waals surface area contributed by atoms with Gasteiger partial charge in [0.2, 0.25) is 0 Å². The van der Waals surface area contributed by atoms with E-state index in [0.717, 1.165) is 5.56 Å². The largest absolute Gasteiger partial charge is 0.445 e. The number of ether oxygens (including phenoxy) is 1. The fraction of sp³-hybridized carbons (Fsp3) is 0.235. The maximum Gasteiger partial charge on any atom is 0.407 e. The average Bonchev–Trinajstić information content (AvgIpc) is 2.59. The van der Waals surface area contributed by atoms with Gasteiger partial charge < -0.3 is 15.8 Å². The number of benzene rings is 2. The van der Waals surface area contributed by atoms with E-state index in [1.807, 2.05) is 30.3 Å². The summed E-state index contributed by atoms with van der Waals surface area (Å²) in [7, 11) is -3.40. The molecule has 0 aliphatic rings. The minimum Gasteiger partial charge on any atom is -0.445 e. The highest BCUT2D eigenvalue weighted by atomic mass is 32.2. The monoisotopic (exact) mass is 348 g/mol. The molecule has 2 aromatic carbocycles. The zero-order valence-electron chi connectivity index (χ0n) is 13.4. The number of carbonyl (C=O) groups is 1. The number of alkyl carbamates (subject to hydrolysis) is 1. The van der Waals surface area contributed by atoms with Crippen molar-refractivity contribution in [1.82, 2.24) is 5.32 Å². The molecule has 0 unspecified atom stereocenters. The molecule has 24 heavy (non-hydrogen) atoms. The molecule has 0 radical (unpaired) electrons. The molecule has 0 fully saturated rings. The van der Waals surface area contributed by atoms with Gasteiger partial charge in [-0.05, 0) is 29.3 Å². The number of hydrogen-bond donors (Lipinski definition) is 2. The number of carbonyl (C=O) groups excluding carboxylic acids is 1. The lowest BCUT2D eigenvalue weighted by molar-refractivity contribution is 0.139. The highest BCUT2D eigenvalue weighted by Crippen LogP contribution is 2.20. The third-order valence-corrected chi connectivity index (χ3v) is 5.26. The smallest absolute Gasteiger partial charge is 0.407 e. The van der Waals surface area contributed by atoms with E-state index in [2.05, 4.69) is 5.32 Å². The zero-order chi connectivity index (χ0) is 17.6. The third-order valence-electron chi connectivity index (χ3n) is 3.44. The molecule has 128 valence electrons. The van der Waals surface area contributed by atoms with Gasteiger partial charge in [-0.3, -0.25) is 0 Å². The minimum absolute atomic E-state index is 0.0211. The Balaban J connectivity index is 2.01. The quantitative estimate of drug-likeness (QED) is 0.782. The van der Waals surface area contributed by atoms with E-state index in [9.17, 15) is 13.2 Å². The molecule has 0 atom stereocenters. The van der Waals surface area contributed by atoms with E-state index in [-0.39, 0.29) is 23.8 Å². The van der Waals surface area contributed by atoms with E-state index < -0.39 is 15.9 Å². The van der Waals surface area contributed by atoms with Gasteiger partial charge in [-0.15, -0.1) is 0 Å². The summed E-state index contributed by atoms with van der Waals surface area (Å²) in [4.78, 5) is 12.0.